The molecule has 1 N–H and O–H groups in total. The Bertz CT molecular complexity index is 600. The molecule has 0 amide bonds. The molecule has 6 heteroatoms. The molecule has 0 bridgehead atoms. The van der Waals surface area contributed by atoms with Crippen LogP contribution in [0.15, 0.2) is 32.5 Å². The Balaban J connectivity index is 2.09. The first kappa shape index (κ1) is 13.5. The highest BCUT2D eigenvalue weighted by Crippen LogP contribution is 2.32. The largest absolute Gasteiger partial charge is 0.378 e. The molecule has 2 rings (SSSR count). The lowest BCUT2D eigenvalue weighted by Gasteiger charge is -2.06. The molecule has 0 aliphatic heterocycles. The summed E-state index contributed by atoms with van der Waals surface area (Å²) in [6.07, 6.45) is 0. The third-order valence-electron chi connectivity index (χ3n) is 2.25. The van der Waals surface area contributed by atoms with Crippen molar-refractivity contribution in [3.63, 3.8) is 0 Å². The van der Waals surface area contributed by atoms with Gasteiger partial charge in [-0.25, -0.2) is 4.39 Å². The molecule has 1 heterocycles. The van der Waals surface area contributed by atoms with Gasteiger partial charge in [-0.15, -0.1) is 11.3 Å². The van der Waals surface area contributed by atoms with Crippen LogP contribution in [0, 0.1) is 17.1 Å². The van der Waals surface area contributed by atoms with E-state index < -0.39 is 5.82 Å². The minimum Gasteiger partial charge on any atom is -0.378 e. The van der Waals surface area contributed by atoms with Gasteiger partial charge in [0.05, 0.1) is 21.1 Å². The lowest BCUT2D eigenvalue weighted by atomic mass is 10.2. The van der Waals surface area contributed by atoms with E-state index >= 15 is 0 Å². The van der Waals surface area contributed by atoms with Crippen molar-refractivity contribution in [2.75, 3.05) is 5.32 Å². The Morgan fingerprint density at radius 3 is 2.67 bits per heavy atom. The van der Waals surface area contributed by atoms with Crippen LogP contribution in [-0.2, 0) is 6.54 Å². The van der Waals surface area contributed by atoms with Gasteiger partial charge >= 0.3 is 0 Å². The van der Waals surface area contributed by atoms with E-state index in [2.05, 4.69) is 37.2 Å². The fourth-order valence-electron chi connectivity index (χ4n) is 1.39. The zero-order valence-corrected chi connectivity index (χ0v) is 13.0. The van der Waals surface area contributed by atoms with Crippen LogP contribution in [0.1, 0.15) is 10.4 Å². The molecule has 0 saturated carbocycles. The number of nitrogens with zero attached hydrogens (tertiary/aromatic N) is 1. The van der Waals surface area contributed by atoms with Crippen molar-refractivity contribution in [2.45, 2.75) is 6.54 Å². The minimum absolute atomic E-state index is 0.319. The molecule has 0 atom stereocenters. The van der Waals surface area contributed by atoms with Gasteiger partial charge in [0.2, 0.25) is 0 Å². The van der Waals surface area contributed by atoms with Crippen LogP contribution in [0.2, 0.25) is 0 Å². The van der Waals surface area contributed by atoms with E-state index in [1.54, 1.807) is 23.5 Å². The van der Waals surface area contributed by atoms with Crippen molar-refractivity contribution >= 4 is 48.9 Å². The van der Waals surface area contributed by atoms with Crippen LogP contribution >= 0.6 is 43.2 Å². The number of nitriles is 1. The summed E-state index contributed by atoms with van der Waals surface area (Å²) in [7, 11) is 0. The summed E-state index contributed by atoms with van der Waals surface area (Å²) in [6.45, 7) is 0.539. The fraction of sp³-hybridized carbons (Fsp3) is 0.0833. The van der Waals surface area contributed by atoms with Crippen LogP contribution in [0.5, 0.6) is 0 Å². The molecule has 0 radical (unpaired) electrons. The molecule has 2 nitrogen and oxygen atoms in total. The Morgan fingerprint density at radius 1 is 1.33 bits per heavy atom. The van der Waals surface area contributed by atoms with Gasteiger partial charge in [0.25, 0.3) is 0 Å². The number of nitrogens with one attached hydrogen (secondary N) is 1. The van der Waals surface area contributed by atoms with E-state index in [1.165, 1.54) is 6.07 Å². The topological polar surface area (TPSA) is 35.8 Å². The Morgan fingerprint density at radius 2 is 2.11 bits per heavy atom. The maximum absolute atomic E-state index is 13.6. The first-order valence-corrected chi connectivity index (χ1v) is 7.37. The molecule has 0 aliphatic rings. The molecule has 92 valence electrons. The lowest BCUT2D eigenvalue weighted by Crippen LogP contribution is -2.00. The number of anilines is 1. The number of rotatable bonds is 3. The molecule has 0 aliphatic carbocycles. The van der Waals surface area contributed by atoms with Gasteiger partial charge in [-0.3, -0.25) is 0 Å². The van der Waals surface area contributed by atoms with E-state index in [9.17, 15) is 4.39 Å². The smallest absolute Gasteiger partial charge is 0.147 e. The van der Waals surface area contributed by atoms with Gasteiger partial charge < -0.3 is 5.32 Å². The number of benzene rings is 1. The van der Waals surface area contributed by atoms with Crippen molar-refractivity contribution in [2.24, 2.45) is 0 Å². The fourth-order valence-corrected chi connectivity index (χ4v) is 3.51. The van der Waals surface area contributed by atoms with Crippen molar-refractivity contribution in [3.05, 3.63) is 48.8 Å². The molecule has 1 aromatic heterocycles. The number of hydrogen-bond donors (Lipinski definition) is 1. The summed E-state index contributed by atoms with van der Waals surface area (Å²) in [6, 6.07) is 8.27. The first-order chi connectivity index (χ1) is 8.60. The summed E-state index contributed by atoms with van der Waals surface area (Å²) in [4.78, 5) is 1.08. The maximum Gasteiger partial charge on any atom is 0.147 e. The highest BCUT2D eigenvalue weighted by Gasteiger charge is 2.06. The average Bonchev–Trinajstić information content (AvgIpc) is 2.67. The molecular weight excluding hydrogens is 383 g/mol. The summed E-state index contributed by atoms with van der Waals surface area (Å²) < 4.78 is 15.6. The van der Waals surface area contributed by atoms with Crippen molar-refractivity contribution in [1.29, 1.82) is 5.26 Å². The molecule has 0 unspecified atom stereocenters. The SMILES string of the molecule is N#Cc1ccc(NCc2cc(Br)c(Br)s2)c(F)c1. The zero-order chi connectivity index (χ0) is 13.1. The molecule has 0 saturated heterocycles. The zero-order valence-electron chi connectivity index (χ0n) is 9.01. The van der Waals surface area contributed by atoms with Crippen molar-refractivity contribution in [1.82, 2.24) is 0 Å². The van der Waals surface area contributed by atoms with Crippen LogP contribution in [-0.4, -0.2) is 0 Å². The number of thiophene rings is 1. The standard InChI is InChI=1S/C12H7Br2FN2S/c13-9-4-8(18-12(9)14)6-17-11-2-1-7(5-16)3-10(11)15/h1-4,17H,6H2. The summed E-state index contributed by atoms with van der Waals surface area (Å²) >= 11 is 8.39. The number of hydrogen-bond acceptors (Lipinski definition) is 3. The van der Waals surface area contributed by atoms with Crippen LogP contribution < -0.4 is 5.32 Å². The van der Waals surface area contributed by atoms with E-state index in [0.717, 1.165) is 13.1 Å². The van der Waals surface area contributed by atoms with E-state index in [0.29, 0.717) is 17.8 Å². The van der Waals surface area contributed by atoms with E-state index in [1.807, 2.05) is 12.1 Å². The monoisotopic (exact) mass is 388 g/mol. The molecule has 2 aromatic rings. The van der Waals surface area contributed by atoms with Crippen LogP contribution in [0.3, 0.4) is 0 Å². The summed E-state index contributed by atoms with van der Waals surface area (Å²) in [5.41, 5.74) is 0.717. The molecule has 0 spiro atoms. The highest BCUT2D eigenvalue weighted by molar-refractivity contribution is 9.13. The van der Waals surface area contributed by atoms with Crippen LogP contribution in [0.4, 0.5) is 10.1 Å². The predicted octanol–water partition coefficient (Wildman–Crippen LogP) is 4.90. The second-order valence-corrected chi connectivity index (χ2v) is 6.80. The van der Waals surface area contributed by atoms with E-state index in [4.69, 9.17) is 5.26 Å². The quantitative estimate of drug-likeness (QED) is 0.810. The third-order valence-corrected chi connectivity index (χ3v) is 5.50. The maximum atomic E-state index is 13.6. The molecule has 0 fully saturated rings. The Hall–Kier alpha value is -0.900. The van der Waals surface area contributed by atoms with Gasteiger partial charge in [-0.2, -0.15) is 5.26 Å². The Kier molecular flexibility index (Phi) is 4.38. The Labute approximate surface area is 125 Å². The van der Waals surface area contributed by atoms with Gasteiger partial charge in [-0.1, -0.05) is 0 Å². The molecule has 1 aromatic carbocycles. The lowest BCUT2D eigenvalue weighted by molar-refractivity contribution is 0.629. The normalized spacial score (nSPS) is 10.1. The summed E-state index contributed by atoms with van der Waals surface area (Å²) in [5, 5.41) is 11.7. The highest BCUT2D eigenvalue weighted by atomic mass is 79.9. The second-order valence-electron chi connectivity index (χ2n) is 3.49. The average molecular weight is 390 g/mol. The van der Waals surface area contributed by atoms with Gasteiger partial charge in [0, 0.05) is 15.9 Å². The molecular formula is C12H7Br2FN2S. The van der Waals surface area contributed by atoms with Gasteiger partial charge in [-0.05, 0) is 56.1 Å². The van der Waals surface area contributed by atoms with Crippen LogP contribution in [0.25, 0.3) is 0 Å². The van der Waals surface area contributed by atoms with E-state index in [-0.39, 0.29) is 0 Å². The number of halogens is 3. The molecule has 18 heavy (non-hydrogen) atoms. The van der Waals surface area contributed by atoms with Crippen molar-refractivity contribution in [3.8, 4) is 6.07 Å². The second kappa shape index (κ2) is 5.83. The van der Waals surface area contributed by atoms with Gasteiger partial charge in [0.15, 0.2) is 0 Å². The van der Waals surface area contributed by atoms with Crippen molar-refractivity contribution < 1.29 is 4.39 Å². The summed E-state index contributed by atoms with van der Waals surface area (Å²) in [5.74, 6) is -0.413. The minimum atomic E-state index is -0.413. The first-order valence-electron chi connectivity index (χ1n) is 4.97. The third kappa shape index (κ3) is 3.10. The predicted molar refractivity (Wildman–Crippen MR) is 78.2 cm³/mol. The van der Waals surface area contributed by atoms with Gasteiger partial charge in [0.1, 0.15) is 5.82 Å².